The van der Waals surface area contributed by atoms with Crippen molar-refractivity contribution in [1.29, 1.82) is 0 Å². The van der Waals surface area contributed by atoms with Crippen LogP contribution in [-0.4, -0.2) is 45.3 Å². The first kappa shape index (κ1) is 21.5. The number of rotatable bonds is 9. The second-order valence-electron chi connectivity index (χ2n) is 4.73. The Labute approximate surface area is 125 Å². The third kappa shape index (κ3) is 20.6. The molecule has 2 atom stereocenters. The molecule has 0 radical (unpaired) electrons. The summed E-state index contributed by atoms with van der Waals surface area (Å²) >= 11 is 5.27. The van der Waals surface area contributed by atoms with Gasteiger partial charge in [-0.15, -0.1) is 11.6 Å². The second kappa shape index (κ2) is 18.2. The van der Waals surface area contributed by atoms with Crippen LogP contribution in [0.4, 0.5) is 0 Å². The largest absolute Gasteiger partial charge is 0.372 e. The minimum atomic E-state index is 0.400. The van der Waals surface area contributed by atoms with Crippen LogP contribution in [0.5, 0.6) is 0 Å². The Bertz CT molecular complexity index is 155. The average Bonchev–Trinajstić information content (AvgIpc) is 3.29. The predicted molar refractivity (Wildman–Crippen MR) is 86.1 cm³/mol. The van der Waals surface area contributed by atoms with Crippen LogP contribution in [0.15, 0.2) is 0 Å². The lowest BCUT2D eigenvalue weighted by Gasteiger charge is -2.09. The molecule has 2 unspecified atom stereocenters. The van der Waals surface area contributed by atoms with Crippen molar-refractivity contribution in [3.8, 4) is 0 Å². The Morgan fingerprint density at radius 3 is 2.37 bits per heavy atom. The highest BCUT2D eigenvalue weighted by molar-refractivity contribution is 6.18. The van der Waals surface area contributed by atoms with Crippen LogP contribution < -0.4 is 10.6 Å². The van der Waals surface area contributed by atoms with Gasteiger partial charge in [-0.3, -0.25) is 0 Å². The Morgan fingerprint density at radius 1 is 1.37 bits per heavy atom. The fourth-order valence-electron chi connectivity index (χ4n) is 1.25. The Hall–Kier alpha value is 0.170. The summed E-state index contributed by atoms with van der Waals surface area (Å²) in [7, 11) is 2.13. The van der Waals surface area contributed by atoms with E-state index in [4.69, 9.17) is 16.3 Å². The maximum Gasteiger partial charge on any atom is 0.0944 e. The topological polar surface area (TPSA) is 41.2 Å². The zero-order valence-corrected chi connectivity index (χ0v) is 14.4. The van der Waals surface area contributed by atoms with E-state index in [-0.39, 0.29) is 0 Å². The maximum atomic E-state index is 5.27. The number of nitrogens with one attached hydrogen (secondary N) is 1. The molecule has 0 aromatic heterocycles. The first-order valence-electron chi connectivity index (χ1n) is 7.90. The van der Waals surface area contributed by atoms with Gasteiger partial charge in [-0.2, -0.15) is 0 Å². The average molecular weight is 296 g/mol. The monoisotopic (exact) mass is 295 g/mol. The molecule has 1 aliphatic heterocycles. The molecular weight excluding hydrogens is 260 g/mol. The molecule has 0 spiro atoms. The first-order chi connectivity index (χ1) is 9.24. The number of unbranched alkanes of at least 4 members (excludes halogenated alkanes) is 1. The maximum absolute atomic E-state index is 5.27. The zero-order chi connectivity index (χ0) is 14.9. The SMILES string of the molecule is CC.CCC(C)CNCCCC[NH2+]C.ClCC1CO1. The lowest BCUT2D eigenvalue weighted by Crippen LogP contribution is -2.79. The van der Waals surface area contributed by atoms with Crippen molar-refractivity contribution in [2.24, 2.45) is 5.92 Å². The molecular formula is C15H36ClN2O+. The van der Waals surface area contributed by atoms with Crippen molar-refractivity contribution >= 4 is 11.6 Å². The lowest BCUT2D eigenvalue weighted by atomic mass is 10.1. The van der Waals surface area contributed by atoms with Crippen molar-refractivity contribution in [2.75, 3.05) is 39.2 Å². The normalized spacial score (nSPS) is 17.7. The van der Waals surface area contributed by atoms with Crippen LogP contribution in [0.3, 0.4) is 0 Å². The van der Waals surface area contributed by atoms with Crippen LogP contribution in [-0.2, 0) is 4.74 Å². The molecule has 1 fully saturated rings. The molecule has 0 amide bonds. The molecule has 1 aliphatic rings. The molecule has 3 N–H and O–H groups in total. The van der Waals surface area contributed by atoms with Gasteiger partial charge in [-0.1, -0.05) is 34.1 Å². The fraction of sp³-hybridized carbons (Fsp3) is 1.00. The van der Waals surface area contributed by atoms with Crippen LogP contribution in [0.1, 0.15) is 47.0 Å². The summed E-state index contributed by atoms with van der Waals surface area (Å²) in [5, 5.41) is 5.73. The number of halogens is 1. The van der Waals surface area contributed by atoms with Gasteiger partial charge >= 0.3 is 0 Å². The third-order valence-corrected chi connectivity index (χ3v) is 3.20. The van der Waals surface area contributed by atoms with Gasteiger partial charge in [0.1, 0.15) is 0 Å². The zero-order valence-electron chi connectivity index (χ0n) is 13.7. The number of epoxide rings is 1. The summed E-state index contributed by atoms with van der Waals surface area (Å²) in [5.74, 6) is 1.50. The molecule has 118 valence electrons. The van der Waals surface area contributed by atoms with E-state index >= 15 is 0 Å². The first-order valence-corrected chi connectivity index (χ1v) is 8.44. The molecule has 0 aromatic carbocycles. The Kier molecular flexibility index (Phi) is 20.5. The van der Waals surface area contributed by atoms with Crippen LogP contribution in [0.25, 0.3) is 0 Å². The molecule has 0 aliphatic carbocycles. The summed E-state index contributed by atoms with van der Waals surface area (Å²) in [6.45, 7) is 13.1. The van der Waals surface area contributed by atoms with Gasteiger partial charge < -0.3 is 15.4 Å². The highest BCUT2D eigenvalue weighted by Gasteiger charge is 2.19. The van der Waals surface area contributed by atoms with Crippen molar-refractivity contribution in [1.82, 2.24) is 5.32 Å². The van der Waals surface area contributed by atoms with Crippen LogP contribution >= 0.6 is 11.6 Å². The molecule has 0 bridgehead atoms. The Balaban J connectivity index is 0. The molecule has 1 saturated heterocycles. The van der Waals surface area contributed by atoms with E-state index in [0.29, 0.717) is 12.0 Å². The molecule has 0 aromatic rings. The van der Waals surface area contributed by atoms with Gasteiger partial charge in [-0.25, -0.2) is 0 Å². The van der Waals surface area contributed by atoms with Crippen molar-refractivity contribution in [3.05, 3.63) is 0 Å². The van der Waals surface area contributed by atoms with Crippen molar-refractivity contribution in [2.45, 2.75) is 53.1 Å². The Morgan fingerprint density at radius 2 is 2.00 bits per heavy atom. The van der Waals surface area contributed by atoms with E-state index < -0.39 is 0 Å². The smallest absolute Gasteiger partial charge is 0.0944 e. The quantitative estimate of drug-likeness (QED) is 0.389. The predicted octanol–water partition coefficient (Wildman–Crippen LogP) is 2.25. The molecule has 1 heterocycles. The second-order valence-corrected chi connectivity index (χ2v) is 5.04. The van der Waals surface area contributed by atoms with E-state index in [1.165, 1.54) is 38.9 Å². The van der Waals surface area contributed by atoms with Gasteiger partial charge in [0.05, 0.1) is 32.2 Å². The molecule has 1 rings (SSSR count). The number of hydrogen-bond acceptors (Lipinski definition) is 2. The number of hydrogen-bond donors (Lipinski definition) is 2. The standard InChI is InChI=1S/C10H24N2.C3H5ClO.C2H6/c1-4-10(2)9-12-8-6-5-7-11-3;4-1-3-2-5-3;1-2/h10-12H,4-9H2,1-3H3;3H,1-2H2;1-2H3/p+1. The minimum absolute atomic E-state index is 0.400. The number of ether oxygens (including phenoxy) is 1. The van der Waals surface area contributed by atoms with Crippen LogP contribution in [0.2, 0.25) is 0 Å². The molecule has 19 heavy (non-hydrogen) atoms. The van der Waals surface area contributed by atoms with Gasteiger partial charge in [0.2, 0.25) is 0 Å². The molecule has 3 nitrogen and oxygen atoms in total. The van der Waals surface area contributed by atoms with Crippen LogP contribution in [0, 0.1) is 5.92 Å². The van der Waals surface area contributed by atoms with Gasteiger partial charge in [0, 0.05) is 0 Å². The number of alkyl halides is 1. The fourth-order valence-corrected chi connectivity index (χ4v) is 1.43. The number of quaternary nitrogens is 1. The summed E-state index contributed by atoms with van der Waals surface area (Å²) in [6.07, 6.45) is 4.34. The van der Waals surface area contributed by atoms with E-state index in [0.717, 1.165) is 12.5 Å². The van der Waals surface area contributed by atoms with E-state index in [1.807, 2.05) is 13.8 Å². The third-order valence-electron chi connectivity index (χ3n) is 2.86. The van der Waals surface area contributed by atoms with Gasteiger partial charge in [0.15, 0.2) is 0 Å². The highest BCUT2D eigenvalue weighted by atomic mass is 35.5. The summed E-state index contributed by atoms with van der Waals surface area (Å²) < 4.78 is 4.73. The lowest BCUT2D eigenvalue weighted by molar-refractivity contribution is -0.627. The van der Waals surface area contributed by atoms with Crippen molar-refractivity contribution in [3.63, 3.8) is 0 Å². The highest BCUT2D eigenvalue weighted by Crippen LogP contribution is 2.08. The van der Waals surface area contributed by atoms with Gasteiger partial charge in [-0.05, 0) is 31.8 Å². The minimum Gasteiger partial charge on any atom is -0.372 e. The number of nitrogens with two attached hydrogens (primary N) is 1. The van der Waals surface area contributed by atoms with E-state index in [2.05, 4.69) is 31.5 Å². The summed E-state index contributed by atoms with van der Waals surface area (Å²) in [6, 6.07) is 0. The van der Waals surface area contributed by atoms with Crippen molar-refractivity contribution < 1.29 is 10.1 Å². The summed E-state index contributed by atoms with van der Waals surface area (Å²) in [4.78, 5) is 0. The molecule has 0 saturated carbocycles. The van der Waals surface area contributed by atoms with E-state index in [1.54, 1.807) is 0 Å². The molecule has 4 heteroatoms. The van der Waals surface area contributed by atoms with E-state index in [9.17, 15) is 0 Å². The summed E-state index contributed by atoms with van der Waals surface area (Å²) in [5.41, 5.74) is 0. The van der Waals surface area contributed by atoms with Gasteiger partial charge in [0.25, 0.3) is 0 Å².